The number of piperazine rings is 1. The predicted molar refractivity (Wildman–Crippen MR) is 119 cm³/mol. The molecule has 4 N–H and O–H groups in total. The minimum absolute atomic E-state index is 0.0447. The Labute approximate surface area is 193 Å². The number of likely N-dealkylation sites (tertiary alicyclic amines) is 1. The van der Waals surface area contributed by atoms with Crippen molar-refractivity contribution in [3.63, 3.8) is 0 Å². The van der Waals surface area contributed by atoms with Gasteiger partial charge in [-0.1, -0.05) is 6.07 Å². The quantitative estimate of drug-likeness (QED) is 0.608. The zero-order valence-electron chi connectivity index (χ0n) is 18.4. The summed E-state index contributed by atoms with van der Waals surface area (Å²) in [4.78, 5) is 32.3. The first kappa shape index (κ1) is 22.8. The van der Waals surface area contributed by atoms with Crippen LogP contribution in [0.3, 0.4) is 0 Å². The zero-order valence-corrected chi connectivity index (χ0v) is 18.4. The van der Waals surface area contributed by atoms with Crippen LogP contribution in [0, 0.1) is 11.8 Å². The van der Waals surface area contributed by atoms with Crippen LogP contribution in [0.2, 0.25) is 0 Å². The lowest BCUT2D eigenvalue weighted by Crippen LogP contribution is -2.48. The van der Waals surface area contributed by atoms with Crippen molar-refractivity contribution in [3.8, 4) is 5.69 Å². The second-order valence-electron chi connectivity index (χ2n) is 9.07. The first-order valence-electron chi connectivity index (χ1n) is 11.3. The van der Waals surface area contributed by atoms with Gasteiger partial charge in [0.15, 0.2) is 0 Å². The molecule has 182 valence electrons. The molecule has 0 spiro atoms. The minimum atomic E-state index is -4.57. The van der Waals surface area contributed by atoms with Gasteiger partial charge in [-0.2, -0.15) is 18.2 Å². The molecule has 2 aliphatic heterocycles. The summed E-state index contributed by atoms with van der Waals surface area (Å²) in [6, 6.07) is 5.05. The van der Waals surface area contributed by atoms with Crippen molar-refractivity contribution in [2.45, 2.75) is 18.8 Å². The standard InChI is InChI=1S/C22H26F3N7O2/c23-22(24,25)17-9-14(2-1-13(17)10-30-11-15-16(12-30)19(15)26)32-6-3-18(29-21(32)34)28-20(33)31-7-4-27-5-8-31/h1-3,6,9,15-16,19,27H,4-5,7-8,10-12,26H2,(H,28,29,33,34). The number of hydrogen-bond acceptors (Lipinski definition) is 6. The SMILES string of the molecule is NC1C2CN(Cc3ccc(-n4ccc(NC(=O)N5CCNCC5)nc4=O)cc3C(F)(F)F)CC12. The van der Waals surface area contributed by atoms with Gasteiger partial charge < -0.3 is 16.0 Å². The Morgan fingerprint density at radius 2 is 1.88 bits per heavy atom. The van der Waals surface area contributed by atoms with Crippen molar-refractivity contribution >= 4 is 11.8 Å². The molecule has 1 aromatic heterocycles. The van der Waals surface area contributed by atoms with Crippen molar-refractivity contribution in [1.29, 1.82) is 0 Å². The number of alkyl halides is 3. The molecule has 2 atom stereocenters. The zero-order chi connectivity index (χ0) is 24.0. The van der Waals surface area contributed by atoms with Gasteiger partial charge in [-0.3, -0.25) is 14.8 Å². The maximum atomic E-state index is 13.9. The van der Waals surface area contributed by atoms with Gasteiger partial charge in [0.1, 0.15) is 5.82 Å². The summed E-state index contributed by atoms with van der Waals surface area (Å²) in [5, 5.41) is 5.70. The lowest BCUT2D eigenvalue weighted by molar-refractivity contribution is -0.138. The van der Waals surface area contributed by atoms with Crippen molar-refractivity contribution in [3.05, 3.63) is 52.1 Å². The Morgan fingerprint density at radius 3 is 2.53 bits per heavy atom. The number of nitrogens with two attached hydrogens (primary N) is 1. The predicted octanol–water partition coefficient (Wildman–Crippen LogP) is 1.08. The molecular formula is C22H26F3N7O2. The highest BCUT2D eigenvalue weighted by atomic mass is 19.4. The average molecular weight is 477 g/mol. The van der Waals surface area contributed by atoms with Gasteiger partial charge in [0.25, 0.3) is 0 Å². The van der Waals surface area contributed by atoms with Gasteiger partial charge in [0, 0.05) is 58.1 Å². The highest BCUT2D eigenvalue weighted by Gasteiger charge is 2.53. The molecule has 1 saturated carbocycles. The molecule has 9 nitrogen and oxygen atoms in total. The molecule has 5 rings (SSSR count). The number of benzene rings is 1. The number of amides is 2. The number of nitrogens with zero attached hydrogens (tertiary/aromatic N) is 4. The Bertz CT molecular complexity index is 1130. The van der Waals surface area contributed by atoms with Gasteiger partial charge in [0.2, 0.25) is 0 Å². The third-order valence-electron chi connectivity index (χ3n) is 6.85. The molecule has 12 heteroatoms. The highest BCUT2D eigenvalue weighted by Crippen LogP contribution is 2.44. The van der Waals surface area contributed by atoms with E-state index >= 15 is 0 Å². The van der Waals surface area contributed by atoms with Crippen molar-refractivity contribution in [2.75, 3.05) is 44.6 Å². The number of aromatic nitrogens is 2. The van der Waals surface area contributed by atoms with E-state index in [0.29, 0.717) is 51.1 Å². The third-order valence-corrected chi connectivity index (χ3v) is 6.85. The van der Waals surface area contributed by atoms with Crippen LogP contribution in [0.1, 0.15) is 11.1 Å². The number of hydrogen-bond donors (Lipinski definition) is 3. The van der Waals surface area contributed by atoms with E-state index in [9.17, 15) is 22.8 Å². The van der Waals surface area contributed by atoms with E-state index in [4.69, 9.17) is 5.73 Å². The molecule has 0 bridgehead atoms. The summed E-state index contributed by atoms with van der Waals surface area (Å²) in [5.41, 5.74) is 4.58. The van der Waals surface area contributed by atoms with E-state index in [1.54, 1.807) is 4.90 Å². The van der Waals surface area contributed by atoms with Crippen LogP contribution in [-0.4, -0.2) is 70.7 Å². The molecule has 3 aliphatic rings. The van der Waals surface area contributed by atoms with E-state index < -0.39 is 17.4 Å². The maximum Gasteiger partial charge on any atom is 0.416 e. The molecule has 1 aromatic carbocycles. The lowest BCUT2D eigenvalue weighted by Gasteiger charge is -2.27. The Morgan fingerprint density at radius 1 is 1.18 bits per heavy atom. The number of piperidine rings is 1. The molecule has 2 aromatic rings. The number of urea groups is 1. The summed E-state index contributed by atoms with van der Waals surface area (Å²) in [6.45, 7) is 3.99. The van der Waals surface area contributed by atoms with Crippen LogP contribution in [0.5, 0.6) is 0 Å². The summed E-state index contributed by atoms with van der Waals surface area (Å²) in [7, 11) is 0. The first-order chi connectivity index (χ1) is 16.2. The van der Waals surface area contributed by atoms with E-state index in [2.05, 4.69) is 15.6 Å². The second-order valence-corrected chi connectivity index (χ2v) is 9.07. The summed E-state index contributed by atoms with van der Waals surface area (Å²) < 4.78 is 42.6. The van der Waals surface area contributed by atoms with Gasteiger partial charge in [0.05, 0.1) is 11.3 Å². The molecule has 2 saturated heterocycles. The molecule has 2 unspecified atom stereocenters. The molecule has 0 radical (unpaired) electrons. The number of halogens is 3. The molecule has 3 heterocycles. The maximum absolute atomic E-state index is 13.9. The summed E-state index contributed by atoms with van der Waals surface area (Å²) in [6.07, 6.45) is -3.26. The van der Waals surface area contributed by atoms with Gasteiger partial charge in [-0.25, -0.2) is 9.59 Å². The number of anilines is 1. The van der Waals surface area contributed by atoms with Crippen LogP contribution in [0.25, 0.3) is 5.69 Å². The van der Waals surface area contributed by atoms with Crippen molar-refractivity contribution < 1.29 is 18.0 Å². The van der Waals surface area contributed by atoms with Crippen molar-refractivity contribution in [1.82, 2.24) is 24.7 Å². The molecular weight excluding hydrogens is 451 g/mol. The number of nitrogens with one attached hydrogen (secondary N) is 2. The third kappa shape index (κ3) is 4.52. The molecule has 3 fully saturated rings. The van der Waals surface area contributed by atoms with Crippen LogP contribution >= 0.6 is 0 Å². The van der Waals surface area contributed by atoms with E-state index in [1.807, 2.05) is 4.90 Å². The van der Waals surface area contributed by atoms with Crippen LogP contribution in [-0.2, 0) is 12.7 Å². The van der Waals surface area contributed by atoms with Gasteiger partial charge in [-0.05, 0) is 35.6 Å². The van der Waals surface area contributed by atoms with E-state index in [-0.39, 0.29) is 35.7 Å². The number of rotatable bonds is 4. The fourth-order valence-electron chi connectivity index (χ4n) is 4.87. The van der Waals surface area contributed by atoms with Crippen LogP contribution in [0.15, 0.2) is 35.3 Å². The highest BCUT2D eigenvalue weighted by molar-refractivity contribution is 5.88. The van der Waals surface area contributed by atoms with E-state index in [0.717, 1.165) is 10.6 Å². The van der Waals surface area contributed by atoms with E-state index in [1.165, 1.54) is 24.4 Å². The number of fused-ring (bicyclic) bond motifs is 1. The Kier molecular flexibility index (Phi) is 5.82. The van der Waals surface area contributed by atoms with Gasteiger partial charge in [-0.15, -0.1) is 0 Å². The average Bonchev–Trinajstić information content (AvgIpc) is 3.19. The fourth-order valence-corrected chi connectivity index (χ4v) is 4.87. The Balaban J connectivity index is 1.34. The smallest absolute Gasteiger partial charge is 0.327 e. The molecule has 1 aliphatic carbocycles. The van der Waals surface area contributed by atoms with Crippen LogP contribution < -0.4 is 22.1 Å². The summed E-state index contributed by atoms with van der Waals surface area (Å²) in [5.74, 6) is 0.802. The van der Waals surface area contributed by atoms with Gasteiger partial charge >= 0.3 is 17.9 Å². The monoisotopic (exact) mass is 477 g/mol. The van der Waals surface area contributed by atoms with Crippen LogP contribution in [0.4, 0.5) is 23.8 Å². The molecule has 2 amide bonds. The molecule has 34 heavy (non-hydrogen) atoms. The normalized spacial score (nSPS) is 24.7. The first-order valence-corrected chi connectivity index (χ1v) is 11.3. The Hall–Kier alpha value is -2.96. The fraction of sp³-hybridized carbons (Fsp3) is 0.500. The number of carbonyl (C=O) groups is 1. The topological polar surface area (TPSA) is 109 Å². The lowest BCUT2D eigenvalue weighted by atomic mass is 10.0. The largest absolute Gasteiger partial charge is 0.416 e. The number of carbonyl (C=O) groups excluding carboxylic acids is 1. The van der Waals surface area contributed by atoms with Crippen molar-refractivity contribution in [2.24, 2.45) is 17.6 Å². The minimum Gasteiger partial charge on any atom is -0.327 e. The second kappa shape index (κ2) is 8.67. The summed E-state index contributed by atoms with van der Waals surface area (Å²) >= 11 is 0.